The van der Waals surface area contributed by atoms with E-state index in [1.54, 1.807) is 0 Å². The molecule has 19 heavy (non-hydrogen) atoms. The fourth-order valence-corrected chi connectivity index (χ4v) is 4.91. The van der Waals surface area contributed by atoms with Crippen LogP contribution >= 0.6 is 12.6 Å². The summed E-state index contributed by atoms with van der Waals surface area (Å²) in [5.41, 5.74) is 0. The molecule has 0 spiro atoms. The van der Waals surface area contributed by atoms with E-state index in [0.717, 1.165) is 18.2 Å². The Morgan fingerprint density at radius 3 is 2.16 bits per heavy atom. The zero-order chi connectivity index (χ0) is 14.1. The Morgan fingerprint density at radius 1 is 1.11 bits per heavy atom. The molecule has 1 atom stereocenters. The summed E-state index contributed by atoms with van der Waals surface area (Å²) < 4.78 is 17.9. The SMILES string of the molecule is CCO[Si](CCC(C)S)(OCC)Oc1ccccc1. The number of thiol groups is 1. The minimum atomic E-state index is -2.65. The van der Waals surface area contributed by atoms with Gasteiger partial charge in [-0.25, -0.2) is 0 Å². The van der Waals surface area contributed by atoms with Gasteiger partial charge < -0.3 is 13.3 Å². The van der Waals surface area contributed by atoms with Crippen molar-refractivity contribution in [3.63, 3.8) is 0 Å². The molecule has 1 unspecified atom stereocenters. The highest BCUT2D eigenvalue weighted by atomic mass is 32.1. The lowest BCUT2D eigenvalue weighted by molar-refractivity contribution is 0.116. The van der Waals surface area contributed by atoms with E-state index >= 15 is 0 Å². The third-order valence-corrected chi connectivity index (χ3v) is 5.78. The molecule has 1 aromatic carbocycles. The van der Waals surface area contributed by atoms with Gasteiger partial charge in [0.25, 0.3) is 0 Å². The first kappa shape index (κ1) is 16.6. The summed E-state index contributed by atoms with van der Waals surface area (Å²) in [7, 11) is -2.65. The molecule has 0 aromatic heterocycles. The van der Waals surface area contributed by atoms with E-state index in [1.807, 2.05) is 44.2 Å². The van der Waals surface area contributed by atoms with E-state index < -0.39 is 8.80 Å². The van der Waals surface area contributed by atoms with Crippen LogP contribution in [-0.2, 0) is 8.85 Å². The van der Waals surface area contributed by atoms with E-state index in [9.17, 15) is 0 Å². The van der Waals surface area contributed by atoms with Crippen molar-refractivity contribution >= 4 is 21.4 Å². The largest absolute Gasteiger partial charge is 0.566 e. The van der Waals surface area contributed by atoms with Crippen LogP contribution in [0.15, 0.2) is 30.3 Å². The van der Waals surface area contributed by atoms with Gasteiger partial charge in [0.15, 0.2) is 0 Å². The normalized spacial score (nSPS) is 13.3. The van der Waals surface area contributed by atoms with Crippen LogP contribution in [0, 0.1) is 0 Å². The van der Waals surface area contributed by atoms with Crippen LogP contribution in [-0.4, -0.2) is 27.3 Å². The van der Waals surface area contributed by atoms with E-state index in [1.165, 1.54) is 0 Å². The number of rotatable bonds is 9. The smallest absolute Gasteiger partial charge is 0.501 e. The van der Waals surface area contributed by atoms with Crippen molar-refractivity contribution in [2.75, 3.05) is 13.2 Å². The molecule has 0 saturated heterocycles. The molecule has 0 N–H and O–H groups in total. The van der Waals surface area contributed by atoms with Gasteiger partial charge in [-0.2, -0.15) is 12.6 Å². The van der Waals surface area contributed by atoms with Gasteiger partial charge in [-0.05, 0) is 37.7 Å². The predicted molar refractivity (Wildman–Crippen MR) is 83.9 cm³/mol. The summed E-state index contributed by atoms with van der Waals surface area (Å²) in [6, 6.07) is 10.5. The molecular formula is C14H24O3SSi. The lowest BCUT2D eigenvalue weighted by Crippen LogP contribution is -2.49. The highest BCUT2D eigenvalue weighted by Gasteiger charge is 2.42. The summed E-state index contributed by atoms with van der Waals surface area (Å²) >= 11 is 4.43. The second kappa shape index (κ2) is 8.63. The Bertz CT molecular complexity index is 340. The third kappa shape index (κ3) is 5.99. The Labute approximate surface area is 123 Å². The van der Waals surface area contributed by atoms with E-state index in [0.29, 0.717) is 18.5 Å². The van der Waals surface area contributed by atoms with Crippen molar-refractivity contribution in [3.05, 3.63) is 30.3 Å². The average molecular weight is 300 g/mol. The minimum Gasteiger partial charge on any atom is -0.501 e. The molecule has 0 fully saturated rings. The maximum Gasteiger partial charge on any atom is 0.566 e. The van der Waals surface area contributed by atoms with Crippen LogP contribution in [0.2, 0.25) is 6.04 Å². The van der Waals surface area contributed by atoms with Crippen LogP contribution in [0.25, 0.3) is 0 Å². The molecule has 0 aliphatic rings. The zero-order valence-electron chi connectivity index (χ0n) is 12.0. The van der Waals surface area contributed by atoms with Gasteiger partial charge >= 0.3 is 8.80 Å². The van der Waals surface area contributed by atoms with E-state index in [4.69, 9.17) is 13.3 Å². The molecule has 1 rings (SSSR count). The summed E-state index contributed by atoms with van der Waals surface area (Å²) in [4.78, 5) is 0. The second-order valence-corrected chi connectivity index (χ2v) is 7.88. The highest BCUT2D eigenvalue weighted by molar-refractivity contribution is 7.80. The first-order chi connectivity index (χ1) is 9.12. The van der Waals surface area contributed by atoms with Gasteiger partial charge in [-0.3, -0.25) is 0 Å². The fourth-order valence-electron chi connectivity index (χ4n) is 1.79. The molecule has 5 heteroatoms. The second-order valence-electron chi connectivity index (χ2n) is 4.35. The Balaban J connectivity index is 2.81. The fraction of sp³-hybridized carbons (Fsp3) is 0.571. The molecule has 3 nitrogen and oxygen atoms in total. The monoisotopic (exact) mass is 300 g/mol. The molecule has 0 heterocycles. The van der Waals surface area contributed by atoms with Crippen molar-refractivity contribution < 1.29 is 13.3 Å². The predicted octanol–water partition coefficient (Wildman–Crippen LogP) is 3.79. The summed E-state index contributed by atoms with van der Waals surface area (Å²) in [5.74, 6) is 0.808. The Kier molecular flexibility index (Phi) is 7.52. The first-order valence-electron chi connectivity index (χ1n) is 6.82. The maximum atomic E-state index is 6.09. The minimum absolute atomic E-state index is 0.312. The van der Waals surface area contributed by atoms with Gasteiger partial charge in [-0.15, -0.1) is 0 Å². The van der Waals surface area contributed by atoms with E-state index in [2.05, 4.69) is 19.6 Å². The Morgan fingerprint density at radius 2 is 1.68 bits per heavy atom. The molecule has 0 aliphatic carbocycles. The van der Waals surface area contributed by atoms with Crippen LogP contribution in [0.4, 0.5) is 0 Å². The molecule has 0 radical (unpaired) electrons. The summed E-state index contributed by atoms with van der Waals surface area (Å²) in [6.07, 6.45) is 0.919. The van der Waals surface area contributed by atoms with Gasteiger partial charge in [0.1, 0.15) is 5.75 Å². The van der Waals surface area contributed by atoms with Crippen molar-refractivity contribution in [1.29, 1.82) is 0 Å². The summed E-state index contributed by atoms with van der Waals surface area (Å²) in [6.45, 7) is 7.21. The topological polar surface area (TPSA) is 27.7 Å². The summed E-state index contributed by atoms with van der Waals surface area (Å²) in [5, 5.41) is 0.312. The lowest BCUT2D eigenvalue weighted by Gasteiger charge is -2.29. The number of para-hydroxylation sites is 1. The highest BCUT2D eigenvalue weighted by Crippen LogP contribution is 2.24. The number of hydrogen-bond donors (Lipinski definition) is 1. The molecule has 1 aromatic rings. The van der Waals surface area contributed by atoms with Gasteiger partial charge in [-0.1, -0.05) is 25.1 Å². The van der Waals surface area contributed by atoms with E-state index in [-0.39, 0.29) is 0 Å². The molecule has 0 saturated carbocycles. The number of benzene rings is 1. The van der Waals surface area contributed by atoms with Crippen LogP contribution in [0.3, 0.4) is 0 Å². The van der Waals surface area contributed by atoms with Crippen LogP contribution in [0.1, 0.15) is 27.2 Å². The van der Waals surface area contributed by atoms with Crippen molar-refractivity contribution in [2.45, 2.75) is 38.5 Å². The first-order valence-corrected chi connectivity index (χ1v) is 9.26. The van der Waals surface area contributed by atoms with Crippen LogP contribution < -0.4 is 4.43 Å². The number of hydrogen-bond acceptors (Lipinski definition) is 4. The molecule has 0 amide bonds. The maximum absolute atomic E-state index is 6.09. The molecule has 108 valence electrons. The van der Waals surface area contributed by atoms with Crippen LogP contribution in [0.5, 0.6) is 5.75 Å². The van der Waals surface area contributed by atoms with Gasteiger partial charge in [0, 0.05) is 19.3 Å². The Hall–Kier alpha value is -0.493. The van der Waals surface area contributed by atoms with Gasteiger partial charge in [0.2, 0.25) is 0 Å². The average Bonchev–Trinajstić information content (AvgIpc) is 2.38. The lowest BCUT2D eigenvalue weighted by atomic mass is 10.3. The molecule has 0 aliphatic heterocycles. The standard InChI is InChI=1S/C14H24O3SSi/c1-4-15-19(16-5-2,12-11-13(3)18)17-14-9-7-6-8-10-14/h6-10,13,18H,4-5,11-12H2,1-3H3. The van der Waals surface area contributed by atoms with Crippen molar-refractivity contribution in [1.82, 2.24) is 0 Å². The third-order valence-electron chi connectivity index (χ3n) is 2.61. The molecule has 0 bridgehead atoms. The van der Waals surface area contributed by atoms with Gasteiger partial charge in [0.05, 0.1) is 0 Å². The van der Waals surface area contributed by atoms with Crippen molar-refractivity contribution in [2.24, 2.45) is 0 Å². The van der Waals surface area contributed by atoms with Crippen molar-refractivity contribution in [3.8, 4) is 5.75 Å². The zero-order valence-corrected chi connectivity index (χ0v) is 13.9. The molecular weight excluding hydrogens is 276 g/mol. The quantitative estimate of drug-likeness (QED) is 0.555.